The van der Waals surface area contributed by atoms with E-state index in [-0.39, 0.29) is 0 Å². The highest BCUT2D eigenvalue weighted by molar-refractivity contribution is 6.03. The van der Waals surface area contributed by atoms with Gasteiger partial charge in [0.15, 0.2) is 5.65 Å². The lowest BCUT2D eigenvalue weighted by molar-refractivity contribution is 0.0699. The number of pyridine rings is 1. The van der Waals surface area contributed by atoms with E-state index in [1.807, 2.05) is 11.6 Å². The van der Waals surface area contributed by atoms with Gasteiger partial charge in [-0.3, -0.25) is 0 Å². The Morgan fingerprint density at radius 2 is 2.20 bits per heavy atom. The summed E-state index contributed by atoms with van der Waals surface area (Å²) in [5, 5.41) is 14.9. The van der Waals surface area contributed by atoms with Crippen LogP contribution in [0.4, 0.5) is 0 Å². The molecule has 2 aromatic rings. The average Bonchev–Trinajstić information content (AvgIpc) is 3.13. The first-order valence-electron chi connectivity index (χ1n) is 7.08. The minimum absolute atomic E-state index is 0.337. The van der Waals surface area contributed by atoms with Gasteiger partial charge in [0.25, 0.3) is 0 Å². The van der Waals surface area contributed by atoms with Crippen molar-refractivity contribution in [3.05, 3.63) is 23.0 Å². The molecule has 1 aliphatic carbocycles. The second kappa shape index (κ2) is 4.58. The molecule has 0 aromatic carbocycles. The second-order valence-electron chi connectivity index (χ2n) is 6.05. The minimum Gasteiger partial charge on any atom is -0.478 e. The van der Waals surface area contributed by atoms with Gasteiger partial charge in [-0.2, -0.15) is 5.10 Å². The molecule has 1 N–H and O–H groups in total. The maximum Gasteiger partial charge on any atom is 0.336 e. The van der Waals surface area contributed by atoms with Crippen LogP contribution in [0.1, 0.15) is 54.4 Å². The summed E-state index contributed by atoms with van der Waals surface area (Å²) >= 11 is 0. The molecule has 0 atom stereocenters. The van der Waals surface area contributed by atoms with Gasteiger partial charge in [-0.15, -0.1) is 0 Å². The highest BCUT2D eigenvalue weighted by Gasteiger charge is 2.32. The lowest BCUT2D eigenvalue weighted by Crippen LogP contribution is -2.08. The normalized spacial score (nSPS) is 15.2. The third kappa shape index (κ3) is 2.17. The summed E-state index contributed by atoms with van der Waals surface area (Å²) in [4.78, 5) is 16.1. The Morgan fingerprint density at radius 3 is 2.75 bits per heavy atom. The van der Waals surface area contributed by atoms with Crippen LogP contribution in [-0.4, -0.2) is 25.8 Å². The molecule has 2 heterocycles. The Bertz CT molecular complexity index is 684. The number of hydrogen-bond acceptors (Lipinski definition) is 3. The molecule has 0 aliphatic heterocycles. The SMILES string of the molecule is Cc1cc(C(=O)O)c2c(C3CC3)nn(CC(C)C)c2n1. The fourth-order valence-corrected chi connectivity index (χ4v) is 2.61. The van der Waals surface area contributed by atoms with Crippen LogP contribution in [0.25, 0.3) is 11.0 Å². The quantitative estimate of drug-likeness (QED) is 0.929. The first-order valence-corrected chi connectivity index (χ1v) is 7.08. The van der Waals surface area contributed by atoms with Crippen LogP contribution < -0.4 is 0 Å². The molecule has 1 saturated carbocycles. The molecule has 5 nitrogen and oxygen atoms in total. The van der Waals surface area contributed by atoms with Crippen molar-refractivity contribution in [1.29, 1.82) is 0 Å². The van der Waals surface area contributed by atoms with Crippen LogP contribution in [0.2, 0.25) is 0 Å². The summed E-state index contributed by atoms with van der Waals surface area (Å²) in [5.74, 6) is -0.0410. The van der Waals surface area contributed by atoms with E-state index in [2.05, 4.69) is 23.9 Å². The van der Waals surface area contributed by atoms with E-state index < -0.39 is 5.97 Å². The number of aromatic carboxylic acids is 1. The number of nitrogens with zero attached hydrogens (tertiary/aromatic N) is 3. The molecule has 0 saturated heterocycles. The van der Waals surface area contributed by atoms with E-state index in [4.69, 9.17) is 0 Å². The minimum atomic E-state index is -0.897. The third-order valence-corrected chi connectivity index (χ3v) is 3.59. The van der Waals surface area contributed by atoms with Crippen molar-refractivity contribution in [3.63, 3.8) is 0 Å². The standard InChI is InChI=1S/C15H19N3O2/c1-8(2)7-18-14-12(13(17-18)10-4-5-10)11(15(19)20)6-9(3)16-14/h6,8,10H,4-5,7H2,1-3H3,(H,19,20). The third-order valence-electron chi connectivity index (χ3n) is 3.59. The summed E-state index contributed by atoms with van der Waals surface area (Å²) in [6.07, 6.45) is 2.20. The highest BCUT2D eigenvalue weighted by Crippen LogP contribution is 2.43. The molecule has 0 amide bonds. The number of rotatable bonds is 4. The number of carboxylic acid groups (broad SMARTS) is 1. The molecular weight excluding hydrogens is 254 g/mol. The lowest BCUT2D eigenvalue weighted by Gasteiger charge is -2.06. The molecule has 3 rings (SSSR count). The van der Waals surface area contributed by atoms with E-state index >= 15 is 0 Å². The number of aromatic nitrogens is 3. The van der Waals surface area contributed by atoms with Crippen molar-refractivity contribution in [2.24, 2.45) is 5.92 Å². The van der Waals surface area contributed by atoms with Gasteiger partial charge in [0.05, 0.1) is 16.6 Å². The fraction of sp³-hybridized carbons (Fsp3) is 0.533. The van der Waals surface area contributed by atoms with E-state index in [1.165, 1.54) is 0 Å². The predicted molar refractivity (Wildman–Crippen MR) is 76.0 cm³/mol. The zero-order valence-corrected chi connectivity index (χ0v) is 12.1. The first-order chi connectivity index (χ1) is 9.47. The molecule has 0 radical (unpaired) electrons. The zero-order valence-electron chi connectivity index (χ0n) is 12.1. The van der Waals surface area contributed by atoms with Crippen LogP contribution in [0.5, 0.6) is 0 Å². The first kappa shape index (κ1) is 13.1. The Kier molecular flexibility index (Phi) is 3.00. The molecule has 2 aromatic heterocycles. The molecule has 20 heavy (non-hydrogen) atoms. The molecule has 1 fully saturated rings. The fourth-order valence-electron chi connectivity index (χ4n) is 2.61. The zero-order chi connectivity index (χ0) is 14.4. The van der Waals surface area contributed by atoms with Gasteiger partial charge in [0, 0.05) is 18.2 Å². The van der Waals surface area contributed by atoms with E-state index in [9.17, 15) is 9.90 Å². The van der Waals surface area contributed by atoms with Crippen LogP contribution in [0.3, 0.4) is 0 Å². The van der Waals surface area contributed by atoms with Crippen LogP contribution in [0.15, 0.2) is 6.07 Å². The summed E-state index contributed by atoms with van der Waals surface area (Å²) in [7, 11) is 0. The van der Waals surface area contributed by atoms with Crippen LogP contribution >= 0.6 is 0 Å². The predicted octanol–water partition coefficient (Wildman–Crippen LogP) is 2.97. The van der Waals surface area contributed by atoms with Crippen molar-refractivity contribution >= 4 is 17.0 Å². The van der Waals surface area contributed by atoms with Crippen molar-refractivity contribution < 1.29 is 9.90 Å². The molecule has 0 bridgehead atoms. The molecular formula is C15H19N3O2. The maximum atomic E-state index is 11.5. The van der Waals surface area contributed by atoms with Gasteiger partial charge >= 0.3 is 5.97 Å². The molecule has 0 unspecified atom stereocenters. The highest BCUT2D eigenvalue weighted by atomic mass is 16.4. The van der Waals surface area contributed by atoms with Crippen molar-refractivity contribution in [2.45, 2.75) is 46.1 Å². The summed E-state index contributed by atoms with van der Waals surface area (Å²) < 4.78 is 1.88. The maximum absolute atomic E-state index is 11.5. The number of aryl methyl sites for hydroxylation is 1. The van der Waals surface area contributed by atoms with E-state index in [0.717, 1.165) is 41.8 Å². The summed E-state index contributed by atoms with van der Waals surface area (Å²) in [6.45, 7) is 6.84. The molecule has 5 heteroatoms. The van der Waals surface area contributed by atoms with Crippen molar-refractivity contribution in [2.75, 3.05) is 0 Å². The Labute approximate surface area is 117 Å². The van der Waals surface area contributed by atoms with Crippen LogP contribution in [-0.2, 0) is 6.54 Å². The van der Waals surface area contributed by atoms with Gasteiger partial charge < -0.3 is 5.11 Å². The van der Waals surface area contributed by atoms with E-state index in [1.54, 1.807) is 6.07 Å². The summed E-state index contributed by atoms with van der Waals surface area (Å²) in [5.41, 5.74) is 2.70. The van der Waals surface area contributed by atoms with Gasteiger partial charge in [-0.25, -0.2) is 14.5 Å². The number of fused-ring (bicyclic) bond motifs is 1. The van der Waals surface area contributed by atoms with Gasteiger partial charge in [-0.1, -0.05) is 13.8 Å². The molecule has 1 aliphatic rings. The van der Waals surface area contributed by atoms with Gasteiger partial charge in [-0.05, 0) is 31.7 Å². The summed E-state index contributed by atoms with van der Waals surface area (Å²) in [6, 6.07) is 1.65. The Morgan fingerprint density at radius 1 is 1.50 bits per heavy atom. The average molecular weight is 273 g/mol. The van der Waals surface area contributed by atoms with Gasteiger partial charge in [0.1, 0.15) is 0 Å². The Hall–Kier alpha value is -1.91. The monoisotopic (exact) mass is 273 g/mol. The van der Waals surface area contributed by atoms with Crippen molar-refractivity contribution in [1.82, 2.24) is 14.8 Å². The second-order valence-corrected chi connectivity index (χ2v) is 6.05. The van der Waals surface area contributed by atoms with Crippen molar-refractivity contribution in [3.8, 4) is 0 Å². The molecule has 106 valence electrons. The Balaban J connectivity index is 2.29. The van der Waals surface area contributed by atoms with Crippen LogP contribution in [0, 0.1) is 12.8 Å². The smallest absolute Gasteiger partial charge is 0.336 e. The largest absolute Gasteiger partial charge is 0.478 e. The van der Waals surface area contributed by atoms with E-state index in [0.29, 0.717) is 17.4 Å². The van der Waals surface area contributed by atoms with Gasteiger partial charge in [0.2, 0.25) is 0 Å². The number of hydrogen-bond donors (Lipinski definition) is 1. The number of carboxylic acids is 1. The molecule has 0 spiro atoms. The lowest BCUT2D eigenvalue weighted by atomic mass is 10.1. The number of carbonyl (C=O) groups is 1. The topological polar surface area (TPSA) is 68.0 Å².